The molecule has 1 saturated carbocycles. The number of nitrogens with one attached hydrogen (secondary N) is 1. The Kier molecular flexibility index (Phi) is 4.50. The Balaban J connectivity index is 1.70. The van der Waals surface area contributed by atoms with Gasteiger partial charge in [-0.15, -0.1) is 0 Å². The van der Waals surface area contributed by atoms with Crippen molar-refractivity contribution in [2.75, 3.05) is 5.32 Å². The number of aryl methyl sites for hydroxylation is 2. The van der Waals surface area contributed by atoms with Crippen LogP contribution in [0.3, 0.4) is 0 Å². The van der Waals surface area contributed by atoms with Crippen molar-refractivity contribution in [2.24, 2.45) is 7.05 Å². The molecule has 1 amide bonds. The van der Waals surface area contributed by atoms with Crippen molar-refractivity contribution >= 4 is 11.7 Å². The van der Waals surface area contributed by atoms with Gasteiger partial charge < -0.3 is 5.32 Å². The highest BCUT2D eigenvalue weighted by Crippen LogP contribution is 2.30. The Morgan fingerprint density at radius 2 is 2.04 bits per heavy atom. The van der Waals surface area contributed by atoms with Crippen molar-refractivity contribution in [2.45, 2.75) is 58.4 Å². The fourth-order valence-corrected chi connectivity index (χ4v) is 3.45. The Labute approximate surface area is 136 Å². The number of carbonyl (C=O) groups is 1. The van der Waals surface area contributed by atoms with Crippen molar-refractivity contribution < 1.29 is 4.79 Å². The monoisotopic (exact) mass is 315 g/mol. The Bertz CT molecular complexity index is 694. The van der Waals surface area contributed by atoms with E-state index in [1.165, 1.54) is 19.3 Å². The lowest BCUT2D eigenvalue weighted by Gasteiger charge is -2.23. The zero-order valence-corrected chi connectivity index (χ0v) is 14.2. The molecule has 1 aliphatic rings. The lowest BCUT2D eigenvalue weighted by Crippen LogP contribution is -2.21. The van der Waals surface area contributed by atoms with E-state index in [2.05, 4.69) is 15.5 Å². The summed E-state index contributed by atoms with van der Waals surface area (Å²) in [5, 5.41) is 11.8. The van der Waals surface area contributed by atoms with Crippen LogP contribution in [-0.2, 0) is 18.3 Å². The summed E-state index contributed by atoms with van der Waals surface area (Å²) in [5.41, 5.74) is 2.97. The first-order chi connectivity index (χ1) is 11.1. The molecule has 1 N–H and O–H groups in total. The number of hydrogen-bond donors (Lipinski definition) is 1. The Morgan fingerprint density at radius 1 is 1.30 bits per heavy atom. The topological polar surface area (TPSA) is 64.7 Å². The smallest absolute Gasteiger partial charge is 0.230 e. The van der Waals surface area contributed by atoms with Gasteiger partial charge in [-0.05, 0) is 26.7 Å². The standard InChI is InChI=1S/C17H25N5O/c1-12-15(13(2)21(3)20-12)11-17(23)19-16-9-10-18-22(16)14-7-5-4-6-8-14/h9-10,14H,4-8,11H2,1-3H3,(H,19,23). The molecule has 0 spiro atoms. The van der Waals surface area contributed by atoms with Crippen LogP contribution in [0.2, 0.25) is 0 Å². The molecule has 0 radical (unpaired) electrons. The second-order valence-electron chi connectivity index (χ2n) is 6.45. The number of nitrogens with zero attached hydrogens (tertiary/aromatic N) is 4. The third-order valence-corrected chi connectivity index (χ3v) is 4.85. The fraction of sp³-hybridized carbons (Fsp3) is 0.588. The van der Waals surface area contributed by atoms with Gasteiger partial charge in [0.25, 0.3) is 0 Å². The maximum Gasteiger partial charge on any atom is 0.230 e. The summed E-state index contributed by atoms with van der Waals surface area (Å²) < 4.78 is 3.81. The van der Waals surface area contributed by atoms with Crippen LogP contribution in [-0.4, -0.2) is 25.5 Å². The molecule has 1 fully saturated rings. The van der Waals surface area contributed by atoms with Crippen molar-refractivity contribution in [1.29, 1.82) is 0 Å². The molecule has 0 aromatic carbocycles. The molecular weight excluding hydrogens is 290 g/mol. The quantitative estimate of drug-likeness (QED) is 0.943. The third-order valence-electron chi connectivity index (χ3n) is 4.85. The Hall–Kier alpha value is -2.11. The van der Waals surface area contributed by atoms with Gasteiger partial charge in [0.2, 0.25) is 5.91 Å². The molecule has 124 valence electrons. The first kappa shape index (κ1) is 15.8. The van der Waals surface area contributed by atoms with Crippen molar-refractivity contribution in [3.8, 4) is 0 Å². The number of rotatable bonds is 4. The highest BCUT2D eigenvalue weighted by atomic mass is 16.1. The average Bonchev–Trinajstić information content (AvgIpc) is 3.08. The highest BCUT2D eigenvalue weighted by molar-refractivity contribution is 5.91. The lowest BCUT2D eigenvalue weighted by atomic mass is 9.96. The van der Waals surface area contributed by atoms with Crippen LogP contribution in [0.25, 0.3) is 0 Å². The van der Waals surface area contributed by atoms with Crippen LogP contribution in [0.15, 0.2) is 12.3 Å². The molecule has 0 bridgehead atoms. The van der Waals surface area contributed by atoms with Crippen LogP contribution < -0.4 is 5.32 Å². The zero-order chi connectivity index (χ0) is 16.4. The van der Waals surface area contributed by atoms with Crippen molar-refractivity contribution in [3.05, 3.63) is 29.2 Å². The predicted molar refractivity (Wildman–Crippen MR) is 89.4 cm³/mol. The largest absolute Gasteiger partial charge is 0.311 e. The van der Waals surface area contributed by atoms with E-state index < -0.39 is 0 Å². The Morgan fingerprint density at radius 3 is 2.70 bits per heavy atom. The van der Waals surface area contributed by atoms with Gasteiger partial charge in [0.15, 0.2) is 0 Å². The molecule has 0 unspecified atom stereocenters. The second-order valence-corrected chi connectivity index (χ2v) is 6.45. The van der Waals surface area contributed by atoms with Gasteiger partial charge in [0.05, 0.1) is 24.4 Å². The minimum absolute atomic E-state index is 0.0123. The molecule has 6 nitrogen and oxygen atoms in total. The highest BCUT2D eigenvalue weighted by Gasteiger charge is 2.20. The van der Waals surface area contributed by atoms with E-state index in [1.807, 2.05) is 36.3 Å². The van der Waals surface area contributed by atoms with E-state index in [4.69, 9.17) is 0 Å². The van der Waals surface area contributed by atoms with Gasteiger partial charge in [-0.2, -0.15) is 10.2 Å². The fourth-order valence-electron chi connectivity index (χ4n) is 3.45. The third kappa shape index (κ3) is 3.30. The number of aromatic nitrogens is 4. The maximum absolute atomic E-state index is 12.4. The predicted octanol–water partition coefficient (Wildman–Crippen LogP) is 2.92. The number of carbonyl (C=O) groups excluding carboxylic acids is 1. The van der Waals surface area contributed by atoms with E-state index in [0.717, 1.165) is 35.6 Å². The minimum Gasteiger partial charge on any atom is -0.311 e. The van der Waals surface area contributed by atoms with Crippen LogP contribution in [0.5, 0.6) is 0 Å². The molecule has 3 rings (SSSR count). The molecule has 0 atom stereocenters. The van der Waals surface area contributed by atoms with E-state index in [0.29, 0.717) is 12.5 Å². The van der Waals surface area contributed by atoms with Crippen LogP contribution in [0.1, 0.15) is 55.1 Å². The summed E-state index contributed by atoms with van der Waals surface area (Å²) in [4.78, 5) is 12.4. The van der Waals surface area contributed by atoms with Crippen molar-refractivity contribution in [3.63, 3.8) is 0 Å². The van der Waals surface area contributed by atoms with E-state index in [9.17, 15) is 4.79 Å². The van der Waals surface area contributed by atoms with E-state index in [1.54, 1.807) is 6.20 Å². The van der Waals surface area contributed by atoms with Crippen molar-refractivity contribution in [1.82, 2.24) is 19.6 Å². The van der Waals surface area contributed by atoms with E-state index >= 15 is 0 Å². The lowest BCUT2D eigenvalue weighted by molar-refractivity contribution is -0.115. The molecule has 1 aliphatic carbocycles. The number of anilines is 1. The molecule has 2 aromatic heterocycles. The summed E-state index contributed by atoms with van der Waals surface area (Å²) >= 11 is 0. The van der Waals surface area contributed by atoms with Crippen LogP contribution >= 0.6 is 0 Å². The van der Waals surface area contributed by atoms with Gasteiger partial charge in [0, 0.05) is 24.4 Å². The number of amides is 1. The molecule has 23 heavy (non-hydrogen) atoms. The molecule has 0 saturated heterocycles. The summed E-state index contributed by atoms with van der Waals surface area (Å²) in [6.07, 6.45) is 8.19. The number of hydrogen-bond acceptors (Lipinski definition) is 3. The first-order valence-electron chi connectivity index (χ1n) is 8.38. The summed E-state index contributed by atoms with van der Waals surface area (Å²) in [5.74, 6) is 0.794. The molecule has 2 heterocycles. The molecular formula is C17H25N5O. The molecule has 0 aliphatic heterocycles. The summed E-state index contributed by atoms with van der Waals surface area (Å²) in [6.45, 7) is 3.94. The maximum atomic E-state index is 12.4. The van der Waals surface area contributed by atoms with Crippen LogP contribution in [0, 0.1) is 13.8 Å². The van der Waals surface area contributed by atoms with Crippen LogP contribution in [0.4, 0.5) is 5.82 Å². The molecule has 2 aromatic rings. The normalized spacial score (nSPS) is 15.8. The van der Waals surface area contributed by atoms with Gasteiger partial charge in [-0.1, -0.05) is 19.3 Å². The van der Waals surface area contributed by atoms with Gasteiger partial charge in [-0.25, -0.2) is 4.68 Å². The molecule has 6 heteroatoms. The SMILES string of the molecule is Cc1nn(C)c(C)c1CC(=O)Nc1ccnn1C1CCCCC1. The second kappa shape index (κ2) is 6.56. The first-order valence-corrected chi connectivity index (χ1v) is 8.38. The van der Waals surface area contributed by atoms with Gasteiger partial charge >= 0.3 is 0 Å². The minimum atomic E-state index is -0.0123. The average molecular weight is 315 g/mol. The summed E-state index contributed by atoms with van der Waals surface area (Å²) in [7, 11) is 1.90. The van der Waals surface area contributed by atoms with E-state index in [-0.39, 0.29) is 5.91 Å². The zero-order valence-electron chi connectivity index (χ0n) is 14.2. The summed E-state index contributed by atoms with van der Waals surface area (Å²) in [6, 6.07) is 2.30. The van der Waals surface area contributed by atoms with Gasteiger partial charge in [-0.3, -0.25) is 9.48 Å². The van der Waals surface area contributed by atoms with Gasteiger partial charge in [0.1, 0.15) is 5.82 Å².